The van der Waals surface area contributed by atoms with Gasteiger partial charge in [0.05, 0.1) is 5.60 Å². The maximum atomic E-state index is 10.2. The minimum atomic E-state index is -0.539. The standard InChI is InChI=1S/C18H21BO3/c1-13-12-18(2,3)22-19(21-13)16-11-15(9-10-17(16)20)14-7-5-4-6-8-14/h4-11,13,20H,12H2,1-3H3. The molecule has 0 amide bonds. The third-order valence-electron chi connectivity index (χ3n) is 3.95. The van der Waals surface area contributed by atoms with Crippen LogP contribution in [0.25, 0.3) is 11.1 Å². The summed E-state index contributed by atoms with van der Waals surface area (Å²) < 4.78 is 11.9. The predicted octanol–water partition coefficient (Wildman–Crippen LogP) is 3.36. The second-order valence-corrected chi connectivity index (χ2v) is 6.50. The molecule has 1 saturated heterocycles. The van der Waals surface area contributed by atoms with E-state index in [0.717, 1.165) is 17.5 Å². The van der Waals surface area contributed by atoms with Crippen molar-refractivity contribution in [1.29, 1.82) is 0 Å². The van der Waals surface area contributed by atoms with E-state index < -0.39 is 7.12 Å². The highest BCUT2D eigenvalue weighted by atomic mass is 16.6. The van der Waals surface area contributed by atoms with E-state index in [1.807, 2.05) is 49.4 Å². The zero-order chi connectivity index (χ0) is 15.7. The molecule has 3 nitrogen and oxygen atoms in total. The Morgan fingerprint density at radius 1 is 1.09 bits per heavy atom. The molecule has 2 aromatic rings. The van der Waals surface area contributed by atoms with Crippen molar-refractivity contribution in [2.45, 2.75) is 38.9 Å². The van der Waals surface area contributed by atoms with Crippen LogP contribution in [-0.4, -0.2) is 23.9 Å². The molecule has 1 atom stereocenters. The normalized spacial score (nSPS) is 20.9. The van der Waals surface area contributed by atoms with Gasteiger partial charge in [0.1, 0.15) is 5.75 Å². The van der Waals surface area contributed by atoms with Crippen molar-refractivity contribution in [1.82, 2.24) is 0 Å². The Labute approximate surface area is 132 Å². The number of rotatable bonds is 2. The molecule has 0 spiro atoms. The van der Waals surface area contributed by atoms with E-state index in [0.29, 0.717) is 5.46 Å². The lowest BCUT2D eigenvalue weighted by atomic mass is 9.73. The van der Waals surface area contributed by atoms with Crippen LogP contribution >= 0.6 is 0 Å². The van der Waals surface area contributed by atoms with Crippen LogP contribution in [0, 0.1) is 0 Å². The van der Waals surface area contributed by atoms with Crippen LogP contribution in [0.5, 0.6) is 5.75 Å². The fraction of sp³-hybridized carbons (Fsp3) is 0.333. The average molecular weight is 296 g/mol. The first-order valence-corrected chi connectivity index (χ1v) is 7.66. The molecule has 0 radical (unpaired) electrons. The summed E-state index contributed by atoms with van der Waals surface area (Å²) in [5.41, 5.74) is 2.56. The van der Waals surface area contributed by atoms with E-state index >= 15 is 0 Å². The summed E-state index contributed by atoms with van der Waals surface area (Å²) in [6, 6.07) is 15.6. The summed E-state index contributed by atoms with van der Waals surface area (Å²) >= 11 is 0. The molecular formula is C18H21BO3. The summed E-state index contributed by atoms with van der Waals surface area (Å²) in [6.45, 7) is 6.14. The van der Waals surface area contributed by atoms with Crippen LogP contribution in [0.2, 0.25) is 0 Å². The number of phenolic OH excluding ortho intramolecular Hbond substituents is 1. The molecule has 2 aromatic carbocycles. The van der Waals surface area contributed by atoms with Gasteiger partial charge in [0.2, 0.25) is 0 Å². The van der Waals surface area contributed by atoms with E-state index in [2.05, 4.69) is 13.8 Å². The SMILES string of the molecule is CC1CC(C)(C)OB(c2cc(-c3ccccc3)ccc2O)O1. The third kappa shape index (κ3) is 3.18. The van der Waals surface area contributed by atoms with Crippen LogP contribution in [-0.2, 0) is 9.31 Å². The summed E-state index contributed by atoms with van der Waals surface area (Å²) in [5, 5.41) is 10.2. The van der Waals surface area contributed by atoms with E-state index in [9.17, 15) is 5.11 Å². The van der Waals surface area contributed by atoms with Crippen LogP contribution in [0.3, 0.4) is 0 Å². The maximum absolute atomic E-state index is 10.2. The molecule has 1 aliphatic rings. The lowest BCUT2D eigenvalue weighted by Gasteiger charge is -2.38. The third-order valence-corrected chi connectivity index (χ3v) is 3.95. The molecule has 1 heterocycles. The quantitative estimate of drug-likeness (QED) is 0.864. The molecule has 114 valence electrons. The number of aromatic hydroxyl groups is 1. The molecule has 0 aromatic heterocycles. The zero-order valence-corrected chi connectivity index (χ0v) is 13.2. The molecule has 0 bridgehead atoms. The molecule has 1 unspecified atom stereocenters. The second-order valence-electron chi connectivity index (χ2n) is 6.50. The van der Waals surface area contributed by atoms with Crippen molar-refractivity contribution in [3.8, 4) is 16.9 Å². The first-order chi connectivity index (χ1) is 10.4. The Morgan fingerprint density at radius 3 is 2.50 bits per heavy atom. The molecule has 1 fully saturated rings. The molecule has 1 N–H and O–H groups in total. The maximum Gasteiger partial charge on any atom is 0.498 e. The molecule has 3 rings (SSSR count). The Morgan fingerprint density at radius 2 is 1.82 bits per heavy atom. The largest absolute Gasteiger partial charge is 0.508 e. The number of phenols is 1. The Bertz CT molecular complexity index is 655. The van der Waals surface area contributed by atoms with Gasteiger partial charge in [0, 0.05) is 11.6 Å². The number of hydrogen-bond acceptors (Lipinski definition) is 3. The second kappa shape index (κ2) is 5.78. The smallest absolute Gasteiger partial charge is 0.498 e. The molecule has 1 aliphatic heterocycles. The van der Waals surface area contributed by atoms with Gasteiger partial charge in [0.15, 0.2) is 0 Å². The fourth-order valence-electron chi connectivity index (χ4n) is 3.01. The van der Waals surface area contributed by atoms with Crippen molar-refractivity contribution in [3.63, 3.8) is 0 Å². The monoisotopic (exact) mass is 296 g/mol. The highest BCUT2D eigenvalue weighted by Crippen LogP contribution is 2.28. The van der Waals surface area contributed by atoms with E-state index in [1.165, 1.54) is 0 Å². The lowest BCUT2D eigenvalue weighted by Crippen LogP contribution is -2.51. The van der Waals surface area contributed by atoms with Crippen molar-refractivity contribution in [2.75, 3.05) is 0 Å². The van der Waals surface area contributed by atoms with Crippen LogP contribution in [0.15, 0.2) is 48.5 Å². The number of benzene rings is 2. The predicted molar refractivity (Wildman–Crippen MR) is 89.3 cm³/mol. The van der Waals surface area contributed by atoms with E-state index in [1.54, 1.807) is 6.07 Å². The molecule has 4 heteroatoms. The first kappa shape index (κ1) is 15.1. The molecular weight excluding hydrogens is 275 g/mol. The fourth-order valence-corrected chi connectivity index (χ4v) is 3.01. The van der Waals surface area contributed by atoms with Gasteiger partial charge in [-0.3, -0.25) is 0 Å². The highest BCUT2D eigenvalue weighted by molar-refractivity contribution is 6.62. The van der Waals surface area contributed by atoms with Crippen molar-refractivity contribution < 1.29 is 14.4 Å². The zero-order valence-electron chi connectivity index (χ0n) is 13.2. The van der Waals surface area contributed by atoms with Gasteiger partial charge in [0.25, 0.3) is 0 Å². The van der Waals surface area contributed by atoms with Crippen molar-refractivity contribution in [2.24, 2.45) is 0 Å². The van der Waals surface area contributed by atoms with Gasteiger partial charge < -0.3 is 14.4 Å². The Balaban J connectivity index is 1.96. The van der Waals surface area contributed by atoms with Crippen LogP contribution in [0.1, 0.15) is 27.2 Å². The van der Waals surface area contributed by atoms with Gasteiger partial charge in [-0.05, 0) is 44.4 Å². The highest BCUT2D eigenvalue weighted by Gasteiger charge is 2.39. The van der Waals surface area contributed by atoms with Gasteiger partial charge in [-0.25, -0.2) is 0 Å². The topological polar surface area (TPSA) is 38.7 Å². The molecule has 22 heavy (non-hydrogen) atoms. The average Bonchev–Trinajstić information content (AvgIpc) is 2.46. The van der Waals surface area contributed by atoms with Crippen molar-refractivity contribution >= 4 is 12.6 Å². The summed E-state index contributed by atoms with van der Waals surface area (Å²) in [7, 11) is -0.539. The molecule has 0 saturated carbocycles. The summed E-state index contributed by atoms with van der Waals surface area (Å²) in [5.74, 6) is 0.203. The number of hydrogen-bond donors (Lipinski definition) is 1. The summed E-state index contributed by atoms with van der Waals surface area (Å²) in [4.78, 5) is 0. The van der Waals surface area contributed by atoms with Crippen LogP contribution < -0.4 is 5.46 Å². The Kier molecular flexibility index (Phi) is 3.98. The minimum absolute atomic E-state index is 0.0912. The van der Waals surface area contributed by atoms with E-state index in [-0.39, 0.29) is 17.5 Å². The minimum Gasteiger partial charge on any atom is -0.508 e. The van der Waals surface area contributed by atoms with Crippen LogP contribution in [0.4, 0.5) is 0 Å². The van der Waals surface area contributed by atoms with Crippen molar-refractivity contribution in [3.05, 3.63) is 48.5 Å². The summed E-state index contributed by atoms with van der Waals surface area (Å²) in [6.07, 6.45) is 0.927. The van der Waals surface area contributed by atoms with Gasteiger partial charge in [-0.2, -0.15) is 0 Å². The molecule has 0 aliphatic carbocycles. The lowest BCUT2D eigenvalue weighted by molar-refractivity contribution is -0.0230. The van der Waals surface area contributed by atoms with Gasteiger partial charge in [-0.15, -0.1) is 0 Å². The van der Waals surface area contributed by atoms with E-state index in [4.69, 9.17) is 9.31 Å². The Hall–Kier alpha value is -1.78. The van der Waals surface area contributed by atoms with Gasteiger partial charge >= 0.3 is 7.12 Å². The first-order valence-electron chi connectivity index (χ1n) is 7.66. The van der Waals surface area contributed by atoms with Gasteiger partial charge in [-0.1, -0.05) is 42.5 Å².